The van der Waals surface area contributed by atoms with Crippen LogP contribution >= 0.6 is 0 Å². The highest BCUT2D eigenvalue weighted by Crippen LogP contribution is 2.55. The molecule has 0 N–H and O–H groups in total. The molecule has 0 bridgehead atoms. The first kappa shape index (κ1) is 15.6. The highest BCUT2D eigenvalue weighted by atomic mass is 16.5. The van der Waals surface area contributed by atoms with Crippen LogP contribution < -0.4 is 15.7 Å². The summed E-state index contributed by atoms with van der Waals surface area (Å²) in [5, 5.41) is 2.50. The Morgan fingerprint density at radius 3 is 2.31 bits per heavy atom. The van der Waals surface area contributed by atoms with Crippen LogP contribution in [0.15, 0.2) is 78.9 Å². The van der Waals surface area contributed by atoms with Crippen molar-refractivity contribution >= 4 is 39.5 Å². The molecule has 0 aromatic heterocycles. The van der Waals surface area contributed by atoms with Gasteiger partial charge in [0, 0.05) is 5.41 Å². The molecule has 3 aliphatic rings. The summed E-state index contributed by atoms with van der Waals surface area (Å²) in [4.78, 5) is 0. The van der Waals surface area contributed by atoms with E-state index in [1.807, 2.05) is 0 Å². The lowest BCUT2D eigenvalue weighted by Crippen LogP contribution is -2.46. The van der Waals surface area contributed by atoms with E-state index in [0.29, 0.717) is 0 Å². The molecule has 4 aromatic rings. The van der Waals surface area contributed by atoms with Crippen LogP contribution in [0.2, 0.25) is 0 Å². The molecule has 1 aliphatic carbocycles. The summed E-state index contributed by atoms with van der Waals surface area (Å²) in [7, 11) is 0. The van der Waals surface area contributed by atoms with Crippen LogP contribution in [-0.2, 0) is 5.41 Å². The SMILES string of the molecule is CC1(C)C2=C(B3c4cc5ccccc5cc4Oc4cccc2c43)c2ccccc21. The van der Waals surface area contributed by atoms with Gasteiger partial charge in [-0.3, -0.25) is 0 Å². The second-order valence-corrected chi connectivity index (χ2v) is 8.95. The van der Waals surface area contributed by atoms with Gasteiger partial charge in [0.15, 0.2) is 0 Å². The average Bonchev–Trinajstić information content (AvgIpc) is 3.21. The van der Waals surface area contributed by atoms with E-state index < -0.39 is 0 Å². The zero-order valence-corrected chi connectivity index (χ0v) is 16.5. The molecule has 0 saturated carbocycles. The van der Waals surface area contributed by atoms with Gasteiger partial charge in [0.25, 0.3) is 6.71 Å². The summed E-state index contributed by atoms with van der Waals surface area (Å²) in [5.74, 6) is 2.01. The molecule has 0 saturated heterocycles. The smallest absolute Gasteiger partial charge is 0.252 e. The quantitative estimate of drug-likeness (QED) is 0.381. The van der Waals surface area contributed by atoms with E-state index in [1.54, 1.807) is 0 Å². The van der Waals surface area contributed by atoms with Gasteiger partial charge in [0.1, 0.15) is 11.5 Å². The molecule has 0 radical (unpaired) electrons. The first-order valence-corrected chi connectivity index (χ1v) is 10.3. The normalized spacial score (nSPS) is 17.0. The molecule has 0 atom stereocenters. The van der Waals surface area contributed by atoms with Crippen molar-refractivity contribution in [1.82, 2.24) is 0 Å². The standard InChI is InChI=1S/C27H19BO/c1-27(2)20-12-6-5-10-18(20)26-24(27)19-11-7-13-22-25(19)28(26)21-14-16-8-3-4-9-17(16)15-23(21)29-22/h3-15H,1-2H3. The second-order valence-electron chi connectivity index (χ2n) is 8.95. The Balaban J connectivity index is 1.61. The average molecular weight is 370 g/mol. The van der Waals surface area contributed by atoms with E-state index in [2.05, 4.69) is 92.7 Å². The Kier molecular flexibility index (Phi) is 2.71. The van der Waals surface area contributed by atoms with Crippen molar-refractivity contribution in [2.24, 2.45) is 0 Å². The lowest BCUT2D eigenvalue weighted by molar-refractivity contribution is 0.488. The third kappa shape index (κ3) is 1.78. The molecule has 29 heavy (non-hydrogen) atoms. The van der Waals surface area contributed by atoms with Gasteiger partial charge in [0.05, 0.1) is 0 Å². The minimum atomic E-state index is -0.00456. The molecule has 136 valence electrons. The van der Waals surface area contributed by atoms with Crippen LogP contribution in [0.3, 0.4) is 0 Å². The van der Waals surface area contributed by atoms with Crippen molar-refractivity contribution in [3.05, 3.63) is 95.6 Å². The Bertz CT molecular complexity index is 1410. The maximum Gasteiger partial charge on any atom is 0.252 e. The Morgan fingerprint density at radius 1 is 0.724 bits per heavy atom. The molecule has 1 nitrogen and oxygen atoms in total. The fourth-order valence-electron chi connectivity index (χ4n) is 5.92. The van der Waals surface area contributed by atoms with Crippen LogP contribution in [0.25, 0.3) is 21.8 Å². The van der Waals surface area contributed by atoms with Crippen LogP contribution in [0.4, 0.5) is 0 Å². The van der Waals surface area contributed by atoms with Gasteiger partial charge in [-0.2, -0.15) is 0 Å². The van der Waals surface area contributed by atoms with E-state index in [-0.39, 0.29) is 12.1 Å². The monoisotopic (exact) mass is 370 g/mol. The Labute approximate surface area is 170 Å². The molecule has 7 rings (SSSR count). The lowest BCUT2D eigenvalue weighted by Gasteiger charge is -2.29. The van der Waals surface area contributed by atoms with E-state index in [4.69, 9.17) is 4.74 Å². The van der Waals surface area contributed by atoms with Gasteiger partial charge in [-0.25, -0.2) is 0 Å². The van der Waals surface area contributed by atoms with Crippen LogP contribution in [0.5, 0.6) is 11.5 Å². The zero-order valence-electron chi connectivity index (χ0n) is 16.5. The zero-order chi connectivity index (χ0) is 19.3. The van der Waals surface area contributed by atoms with Crippen molar-refractivity contribution in [1.29, 1.82) is 0 Å². The first-order chi connectivity index (χ1) is 14.1. The number of hydrogen-bond donors (Lipinski definition) is 0. The molecular weight excluding hydrogens is 351 g/mol. The summed E-state index contributed by atoms with van der Waals surface area (Å²) < 4.78 is 6.47. The number of rotatable bonds is 0. The number of allylic oxidation sites excluding steroid dienone is 1. The Hall–Kier alpha value is -3.26. The van der Waals surface area contributed by atoms with Crippen LogP contribution in [0.1, 0.15) is 30.5 Å². The van der Waals surface area contributed by atoms with E-state index >= 15 is 0 Å². The molecule has 2 heterocycles. The van der Waals surface area contributed by atoms with Crippen molar-refractivity contribution in [3.8, 4) is 11.5 Å². The highest BCUT2D eigenvalue weighted by molar-refractivity contribution is 7.04. The van der Waals surface area contributed by atoms with Crippen LogP contribution in [0, 0.1) is 0 Å². The summed E-state index contributed by atoms with van der Waals surface area (Å²) in [6, 6.07) is 28.7. The Morgan fingerprint density at radius 2 is 1.45 bits per heavy atom. The van der Waals surface area contributed by atoms with Crippen molar-refractivity contribution in [2.75, 3.05) is 0 Å². The number of ether oxygens (including phenoxy) is 1. The summed E-state index contributed by atoms with van der Waals surface area (Å²) >= 11 is 0. The molecule has 4 aromatic carbocycles. The van der Waals surface area contributed by atoms with Crippen molar-refractivity contribution in [3.63, 3.8) is 0 Å². The van der Waals surface area contributed by atoms with Crippen molar-refractivity contribution < 1.29 is 4.74 Å². The summed E-state index contributed by atoms with van der Waals surface area (Å²) in [5.41, 5.74) is 9.80. The number of fused-ring (bicyclic) bond motifs is 7. The topological polar surface area (TPSA) is 9.23 Å². The van der Waals surface area contributed by atoms with Gasteiger partial charge in [0.2, 0.25) is 0 Å². The minimum absolute atomic E-state index is 0.00456. The maximum atomic E-state index is 6.47. The number of hydrogen-bond acceptors (Lipinski definition) is 1. The van der Waals surface area contributed by atoms with Crippen molar-refractivity contribution in [2.45, 2.75) is 19.3 Å². The fraction of sp³-hybridized carbons (Fsp3) is 0.111. The van der Waals surface area contributed by atoms with Gasteiger partial charge < -0.3 is 4.74 Å². The van der Waals surface area contributed by atoms with Gasteiger partial charge in [-0.1, -0.05) is 86.0 Å². The van der Waals surface area contributed by atoms with Gasteiger partial charge >= 0.3 is 0 Å². The third-order valence-corrected chi connectivity index (χ3v) is 7.11. The van der Waals surface area contributed by atoms with Gasteiger partial charge in [-0.05, 0) is 56.1 Å². The van der Waals surface area contributed by atoms with Crippen LogP contribution in [-0.4, -0.2) is 6.71 Å². The van der Waals surface area contributed by atoms with Gasteiger partial charge in [-0.15, -0.1) is 0 Å². The molecule has 2 heteroatoms. The first-order valence-electron chi connectivity index (χ1n) is 10.3. The lowest BCUT2D eigenvalue weighted by atomic mass is 9.36. The number of benzene rings is 4. The van der Waals surface area contributed by atoms with E-state index in [9.17, 15) is 0 Å². The molecular formula is C27H19BO. The molecule has 0 spiro atoms. The summed E-state index contributed by atoms with van der Waals surface area (Å²) in [6.45, 7) is 4.98. The predicted octanol–water partition coefficient (Wildman–Crippen LogP) is 5.31. The fourth-order valence-corrected chi connectivity index (χ4v) is 5.92. The molecule has 0 amide bonds. The highest BCUT2D eigenvalue weighted by Gasteiger charge is 2.51. The minimum Gasteiger partial charge on any atom is -0.458 e. The third-order valence-electron chi connectivity index (χ3n) is 7.11. The van der Waals surface area contributed by atoms with E-state index in [1.165, 1.54) is 49.4 Å². The second kappa shape index (κ2) is 5.01. The predicted molar refractivity (Wildman–Crippen MR) is 122 cm³/mol. The largest absolute Gasteiger partial charge is 0.458 e. The van der Waals surface area contributed by atoms with E-state index in [0.717, 1.165) is 11.5 Å². The molecule has 2 aliphatic heterocycles. The molecule has 0 unspecified atom stereocenters. The maximum absolute atomic E-state index is 6.47. The molecule has 0 fully saturated rings. The summed E-state index contributed by atoms with van der Waals surface area (Å²) in [6.07, 6.45) is 0.